The molecule has 0 fully saturated rings. The Kier molecular flexibility index (Phi) is 4.03. The number of nitriles is 1. The van der Waals surface area contributed by atoms with E-state index in [0.717, 1.165) is 4.47 Å². The Bertz CT molecular complexity index is 652. The van der Waals surface area contributed by atoms with Gasteiger partial charge in [-0.25, -0.2) is 4.39 Å². The molecular formula is C14H10BrFN2O. The number of hydrogen-bond acceptors (Lipinski definition) is 3. The van der Waals surface area contributed by atoms with Crippen LogP contribution in [0.4, 0.5) is 15.8 Å². The lowest BCUT2D eigenvalue weighted by molar-refractivity contribution is 0.413. The SMILES string of the molecule is COc1cc(F)ccc1Nc1cc(Br)ccc1C#N. The maximum Gasteiger partial charge on any atom is 0.145 e. The second-order valence-corrected chi connectivity index (χ2v) is 4.69. The van der Waals surface area contributed by atoms with Gasteiger partial charge in [-0.05, 0) is 30.3 Å². The molecule has 0 amide bonds. The highest BCUT2D eigenvalue weighted by Crippen LogP contribution is 2.30. The quantitative estimate of drug-likeness (QED) is 0.921. The van der Waals surface area contributed by atoms with Gasteiger partial charge in [0.25, 0.3) is 0 Å². The van der Waals surface area contributed by atoms with E-state index < -0.39 is 0 Å². The molecule has 0 saturated heterocycles. The monoisotopic (exact) mass is 320 g/mol. The molecule has 0 aliphatic heterocycles. The van der Waals surface area contributed by atoms with Gasteiger partial charge >= 0.3 is 0 Å². The van der Waals surface area contributed by atoms with Gasteiger partial charge in [0, 0.05) is 10.5 Å². The molecule has 0 aliphatic rings. The minimum Gasteiger partial charge on any atom is -0.494 e. The topological polar surface area (TPSA) is 45.0 Å². The van der Waals surface area contributed by atoms with Gasteiger partial charge in [0.15, 0.2) is 0 Å². The molecule has 2 rings (SSSR count). The third-order valence-electron chi connectivity index (χ3n) is 2.53. The van der Waals surface area contributed by atoms with E-state index in [1.54, 1.807) is 24.3 Å². The zero-order valence-corrected chi connectivity index (χ0v) is 11.7. The Labute approximate surface area is 118 Å². The van der Waals surface area contributed by atoms with Gasteiger partial charge in [-0.2, -0.15) is 5.26 Å². The molecule has 0 saturated carbocycles. The highest BCUT2D eigenvalue weighted by atomic mass is 79.9. The maximum atomic E-state index is 13.1. The average Bonchev–Trinajstić information content (AvgIpc) is 2.41. The third-order valence-corrected chi connectivity index (χ3v) is 3.03. The number of benzene rings is 2. The number of rotatable bonds is 3. The van der Waals surface area contributed by atoms with Crippen LogP contribution in [0.1, 0.15) is 5.56 Å². The standard InChI is InChI=1S/C14H10BrFN2O/c1-19-14-7-11(16)4-5-12(14)18-13-6-10(15)3-2-9(13)8-17/h2-7,18H,1H3. The fraction of sp³-hybridized carbons (Fsp3) is 0.0714. The predicted octanol–water partition coefficient (Wildman–Crippen LogP) is 4.21. The molecule has 0 unspecified atom stereocenters. The van der Waals surface area contributed by atoms with Crippen LogP contribution in [0.3, 0.4) is 0 Å². The first-order chi connectivity index (χ1) is 9.13. The summed E-state index contributed by atoms with van der Waals surface area (Å²) in [6.07, 6.45) is 0. The first-order valence-electron chi connectivity index (χ1n) is 5.44. The number of halogens is 2. The van der Waals surface area contributed by atoms with Gasteiger partial charge in [0.1, 0.15) is 17.6 Å². The van der Waals surface area contributed by atoms with Crippen LogP contribution in [0.15, 0.2) is 40.9 Å². The van der Waals surface area contributed by atoms with E-state index in [1.165, 1.54) is 19.2 Å². The van der Waals surface area contributed by atoms with E-state index in [4.69, 9.17) is 10.00 Å². The summed E-state index contributed by atoms with van der Waals surface area (Å²) in [5, 5.41) is 12.1. The Morgan fingerprint density at radius 3 is 2.68 bits per heavy atom. The van der Waals surface area contributed by atoms with Gasteiger partial charge in [0.2, 0.25) is 0 Å². The number of hydrogen-bond donors (Lipinski definition) is 1. The van der Waals surface area contributed by atoms with Gasteiger partial charge in [0.05, 0.1) is 24.0 Å². The Morgan fingerprint density at radius 1 is 1.21 bits per heavy atom. The number of ether oxygens (including phenoxy) is 1. The predicted molar refractivity (Wildman–Crippen MR) is 75.1 cm³/mol. The number of nitrogens with one attached hydrogen (secondary N) is 1. The fourth-order valence-electron chi connectivity index (χ4n) is 1.63. The Balaban J connectivity index is 2.41. The van der Waals surface area contributed by atoms with Gasteiger partial charge in [-0.15, -0.1) is 0 Å². The zero-order valence-electron chi connectivity index (χ0n) is 10.1. The van der Waals surface area contributed by atoms with Crippen molar-refractivity contribution < 1.29 is 9.13 Å². The van der Waals surface area contributed by atoms with Crippen molar-refractivity contribution in [2.45, 2.75) is 0 Å². The normalized spacial score (nSPS) is 9.79. The average molecular weight is 321 g/mol. The van der Waals surface area contributed by atoms with Crippen molar-refractivity contribution in [3.63, 3.8) is 0 Å². The molecular weight excluding hydrogens is 311 g/mol. The van der Waals surface area contributed by atoms with Crippen molar-refractivity contribution in [2.75, 3.05) is 12.4 Å². The fourth-order valence-corrected chi connectivity index (χ4v) is 1.99. The summed E-state index contributed by atoms with van der Waals surface area (Å²) < 4.78 is 19.1. The number of anilines is 2. The van der Waals surface area contributed by atoms with Crippen molar-refractivity contribution in [3.8, 4) is 11.8 Å². The van der Waals surface area contributed by atoms with Crippen LogP contribution in [0, 0.1) is 17.1 Å². The van der Waals surface area contributed by atoms with E-state index >= 15 is 0 Å². The van der Waals surface area contributed by atoms with E-state index in [0.29, 0.717) is 22.7 Å². The second-order valence-electron chi connectivity index (χ2n) is 3.77. The summed E-state index contributed by atoms with van der Waals surface area (Å²) in [7, 11) is 1.46. The lowest BCUT2D eigenvalue weighted by Gasteiger charge is -2.12. The molecule has 0 aromatic heterocycles. The second kappa shape index (κ2) is 5.72. The molecule has 1 N–H and O–H groups in total. The maximum absolute atomic E-state index is 13.1. The highest BCUT2D eigenvalue weighted by Gasteiger charge is 2.08. The minimum absolute atomic E-state index is 0.378. The summed E-state index contributed by atoms with van der Waals surface area (Å²) in [6.45, 7) is 0. The van der Waals surface area contributed by atoms with Crippen LogP contribution in [0.5, 0.6) is 5.75 Å². The van der Waals surface area contributed by atoms with E-state index in [9.17, 15) is 4.39 Å². The van der Waals surface area contributed by atoms with Crippen molar-refractivity contribution in [1.29, 1.82) is 5.26 Å². The summed E-state index contributed by atoms with van der Waals surface area (Å²) in [4.78, 5) is 0. The lowest BCUT2D eigenvalue weighted by atomic mass is 10.2. The summed E-state index contributed by atoms with van der Waals surface area (Å²) in [6, 6.07) is 11.5. The van der Waals surface area contributed by atoms with Crippen LogP contribution < -0.4 is 10.1 Å². The largest absolute Gasteiger partial charge is 0.494 e. The van der Waals surface area contributed by atoms with Crippen LogP contribution >= 0.6 is 15.9 Å². The molecule has 0 bridgehead atoms. The molecule has 19 heavy (non-hydrogen) atoms. The van der Waals surface area contributed by atoms with Crippen molar-refractivity contribution in [3.05, 3.63) is 52.3 Å². The van der Waals surface area contributed by atoms with Crippen LogP contribution in [0.2, 0.25) is 0 Å². The van der Waals surface area contributed by atoms with Crippen LogP contribution in [-0.4, -0.2) is 7.11 Å². The van der Waals surface area contributed by atoms with Gasteiger partial charge < -0.3 is 10.1 Å². The van der Waals surface area contributed by atoms with Crippen molar-refractivity contribution in [1.82, 2.24) is 0 Å². The molecule has 0 aliphatic carbocycles. The smallest absolute Gasteiger partial charge is 0.145 e. The Hall–Kier alpha value is -2.06. The third kappa shape index (κ3) is 3.04. The summed E-state index contributed by atoms with van der Waals surface area (Å²) in [5.74, 6) is 0.000939. The van der Waals surface area contributed by atoms with Gasteiger partial charge in [-0.1, -0.05) is 15.9 Å². The molecule has 3 nitrogen and oxygen atoms in total. The van der Waals surface area contributed by atoms with Crippen molar-refractivity contribution in [2.24, 2.45) is 0 Å². The first-order valence-corrected chi connectivity index (χ1v) is 6.23. The van der Waals surface area contributed by atoms with E-state index in [1.807, 2.05) is 0 Å². The summed E-state index contributed by atoms with van der Waals surface area (Å²) >= 11 is 3.35. The van der Waals surface area contributed by atoms with E-state index in [-0.39, 0.29) is 5.82 Å². The molecule has 5 heteroatoms. The molecule has 0 radical (unpaired) electrons. The van der Waals surface area contributed by atoms with E-state index in [2.05, 4.69) is 27.3 Å². The minimum atomic E-state index is -0.378. The number of methoxy groups -OCH3 is 1. The van der Waals surface area contributed by atoms with Crippen molar-refractivity contribution >= 4 is 27.3 Å². The first kappa shape index (κ1) is 13.4. The molecule has 0 atom stereocenters. The lowest BCUT2D eigenvalue weighted by Crippen LogP contribution is -1.97. The molecule has 0 heterocycles. The summed E-state index contributed by atoms with van der Waals surface area (Å²) in [5.41, 5.74) is 1.72. The van der Waals surface area contributed by atoms with Crippen LogP contribution in [-0.2, 0) is 0 Å². The Morgan fingerprint density at radius 2 is 2.00 bits per heavy atom. The molecule has 2 aromatic rings. The highest BCUT2D eigenvalue weighted by molar-refractivity contribution is 9.10. The number of nitrogens with zero attached hydrogens (tertiary/aromatic N) is 1. The zero-order chi connectivity index (χ0) is 13.8. The van der Waals surface area contributed by atoms with Crippen LogP contribution in [0.25, 0.3) is 0 Å². The molecule has 96 valence electrons. The molecule has 2 aromatic carbocycles. The molecule has 0 spiro atoms. The van der Waals surface area contributed by atoms with Gasteiger partial charge in [-0.3, -0.25) is 0 Å².